The number of nitrogens with one attached hydrogen (secondary N) is 1. The maximum absolute atomic E-state index is 12.5. The van der Waals surface area contributed by atoms with Gasteiger partial charge < -0.3 is 15.2 Å². The van der Waals surface area contributed by atoms with Crippen molar-refractivity contribution in [3.05, 3.63) is 71.8 Å². The van der Waals surface area contributed by atoms with Crippen LogP contribution in [0, 0.1) is 0 Å². The Balaban J connectivity index is 1.98. The Morgan fingerprint density at radius 1 is 0.960 bits per heavy atom. The minimum Gasteiger partial charge on any atom is -0.481 e. The number of Topliss-reactive ketones (excluding diaryl/α,β-unsaturated/α-hetero) is 1. The van der Waals surface area contributed by atoms with Crippen LogP contribution >= 0.6 is 0 Å². The Labute approximate surface area is 145 Å². The van der Waals surface area contributed by atoms with Gasteiger partial charge in [-0.15, -0.1) is 0 Å². The lowest BCUT2D eigenvalue weighted by Crippen LogP contribution is -2.41. The van der Waals surface area contributed by atoms with Crippen LogP contribution in [-0.4, -0.2) is 29.0 Å². The van der Waals surface area contributed by atoms with Crippen molar-refractivity contribution in [2.75, 3.05) is 0 Å². The molecule has 0 aliphatic carbocycles. The molecular weight excluding hydrogens is 322 g/mol. The second kappa shape index (κ2) is 9.22. The molecule has 2 rings (SSSR count). The van der Waals surface area contributed by atoms with Crippen molar-refractivity contribution in [2.45, 2.75) is 25.5 Å². The molecule has 0 aromatic heterocycles. The van der Waals surface area contributed by atoms with E-state index in [9.17, 15) is 14.4 Å². The van der Waals surface area contributed by atoms with E-state index < -0.39 is 18.1 Å². The fourth-order valence-corrected chi connectivity index (χ4v) is 2.25. The summed E-state index contributed by atoms with van der Waals surface area (Å²) in [6.45, 7) is 0.0673. The Hall–Kier alpha value is -3.15. The fraction of sp³-hybridized carbons (Fsp3) is 0.211. The fourth-order valence-electron chi connectivity index (χ4n) is 2.25. The summed E-state index contributed by atoms with van der Waals surface area (Å²) >= 11 is 0. The van der Waals surface area contributed by atoms with E-state index in [0.29, 0.717) is 5.56 Å². The first-order valence-corrected chi connectivity index (χ1v) is 7.84. The Bertz CT molecular complexity index is 715. The molecule has 130 valence electrons. The Morgan fingerprint density at radius 2 is 1.56 bits per heavy atom. The van der Waals surface area contributed by atoms with Crippen molar-refractivity contribution in [2.24, 2.45) is 0 Å². The minimum atomic E-state index is -1.04. The summed E-state index contributed by atoms with van der Waals surface area (Å²) < 4.78 is 5.10. The second-order valence-electron chi connectivity index (χ2n) is 5.42. The summed E-state index contributed by atoms with van der Waals surface area (Å²) in [6, 6.07) is 16.6. The van der Waals surface area contributed by atoms with Crippen molar-refractivity contribution in [3.8, 4) is 0 Å². The molecule has 0 saturated carbocycles. The molecule has 2 aromatic carbocycles. The van der Waals surface area contributed by atoms with Crippen molar-refractivity contribution in [3.63, 3.8) is 0 Å². The third-order valence-corrected chi connectivity index (χ3v) is 3.53. The van der Waals surface area contributed by atoms with Gasteiger partial charge in [-0.2, -0.15) is 0 Å². The quantitative estimate of drug-likeness (QED) is 0.720. The van der Waals surface area contributed by atoms with Gasteiger partial charge in [0.15, 0.2) is 5.78 Å². The summed E-state index contributed by atoms with van der Waals surface area (Å²) in [4.78, 5) is 35.3. The molecule has 1 atom stereocenters. The van der Waals surface area contributed by atoms with E-state index in [4.69, 9.17) is 9.84 Å². The number of carboxylic acid groups (broad SMARTS) is 1. The molecule has 2 aromatic rings. The zero-order chi connectivity index (χ0) is 18.1. The highest BCUT2D eigenvalue weighted by Gasteiger charge is 2.23. The molecule has 1 amide bonds. The molecule has 25 heavy (non-hydrogen) atoms. The topological polar surface area (TPSA) is 92.7 Å². The van der Waals surface area contributed by atoms with E-state index in [-0.39, 0.29) is 25.2 Å². The van der Waals surface area contributed by atoms with Gasteiger partial charge in [-0.1, -0.05) is 60.7 Å². The van der Waals surface area contributed by atoms with Gasteiger partial charge >= 0.3 is 12.1 Å². The molecule has 0 bridgehead atoms. The highest BCUT2D eigenvalue weighted by molar-refractivity contribution is 6.01. The molecule has 0 unspecified atom stereocenters. The SMILES string of the molecule is O=C(O)CC[C@H](NC(=O)OCc1ccccc1)C(=O)c1ccccc1. The van der Waals surface area contributed by atoms with Gasteiger partial charge in [0.05, 0.1) is 6.04 Å². The van der Waals surface area contributed by atoms with E-state index in [1.54, 1.807) is 30.3 Å². The van der Waals surface area contributed by atoms with E-state index in [2.05, 4.69) is 5.32 Å². The van der Waals surface area contributed by atoms with Crippen molar-refractivity contribution < 1.29 is 24.2 Å². The molecule has 0 saturated heterocycles. The van der Waals surface area contributed by atoms with Gasteiger partial charge in [0, 0.05) is 12.0 Å². The minimum absolute atomic E-state index is 0.0104. The molecule has 6 nitrogen and oxygen atoms in total. The number of carboxylic acids is 1. The maximum atomic E-state index is 12.5. The summed E-state index contributed by atoms with van der Waals surface area (Å²) in [7, 11) is 0. The second-order valence-corrected chi connectivity index (χ2v) is 5.42. The van der Waals surface area contributed by atoms with Crippen molar-refractivity contribution in [1.29, 1.82) is 0 Å². The standard InChI is InChI=1S/C19H19NO5/c21-17(22)12-11-16(18(23)15-9-5-2-6-10-15)20-19(24)25-13-14-7-3-1-4-8-14/h1-10,16H,11-13H2,(H,20,24)(H,21,22)/t16-/m0/s1. The first-order valence-electron chi connectivity index (χ1n) is 7.84. The number of rotatable bonds is 8. The monoisotopic (exact) mass is 341 g/mol. The average Bonchev–Trinajstić information content (AvgIpc) is 2.64. The predicted molar refractivity (Wildman–Crippen MR) is 91.2 cm³/mol. The first-order chi connectivity index (χ1) is 12.1. The van der Waals surface area contributed by atoms with E-state index >= 15 is 0 Å². The zero-order valence-electron chi connectivity index (χ0n) is 13.6. The van der Waals surface area contributed by atoms with E-state index in [0.717, 1.165) is 5.56 Å². The number of carbonyl (C=O) groups excluding carboxylic acids is 2. The summed E-state index contributed by atoms with van der Waals surface area (Å²) in [5.41, 5.74) is 1.22. The third-order valence-electron chi connectivity index (χ3n) is 3.53. The van der Waals surface area contributed by atoms with Crippen molar-refractivity contribution >= 4 is 17.8 Å². The number of hydrogen-bond acceptors (Lipinski definition) is 4. The van der Waals surface area contributed by atoms with Gasteiger partial charge in [0.25, 0.3) is 0 Å². The molecule has 2 N–H and O–H groups in total. The zero-order valence-corrected chi connectivity index (χ0v) is 13.6. The molecule has 0 aliphatic rings. The smallest absolute Gasteiger partial charge is 0.408 e. The van der Waals surface area contributed by atoms with E-state index in [1.165, 1.54) is 0 Å². The predicted octanol–water partition coefficient (Wildman–Crippen LogP) is 3.03. The van der Waals surface area contributed by atoms with Crippen LogP contribution in [0.3, 0.4) is 0 Å². The van der Waals surface area contributed by atoms with Crippen LogP contribution in [0.1, 0.15) is 28.8 Å². The molecule has 0 heterocycles. The number of amides is 1. The lowest BCUT2D eigenvalue weighted by Gasteiger charge is -2.17. The summed E-state index contributed by atoms with van der Waals surface area (Å²) in [6.07, 6.45) is -1.00. The van der Waals surface area contributed by atoms with Crippen LogP contribution in [0.2, 0.25) is 0 Å². The van der Waals surface area contributed by atoms with E-state index in [1.807, 2.05) is 30.3 Å². The maximum Gasteiger partial charge on any atom is 0.408 e. The molecule has 0 spiro atoms. The Morgan fingerprint density at radius 3 is 2.16 bits per heavy atom. The highest BCUT2D eigenvalue weighted by Crippen LogP contribution is 2.09. The number of ether oxygens (including phenoxy) is 1. The number of carbonyl (C=O) groups is 3. The van der Waals surface area contributed by atoms with Crippen LogP contribution in [0.5, 0.6) is 0 Å². The molecule has 0 radical (unpaired) electrons. The Kier molecular flexibility index (Phi) is 6.71. The van der Waals surface area contributed by atoms with Gasteiger partial charge in [-0.25, -0.2) is 4.79 Å². The third kappa shape index (κ3) is 6.10. The number of hydrogen-bond donors (Lipinski definition) is 2. The van der Waals surface area contributed by atoms with Crippen LogP contribution in [0.4, 0.5) is 4.79 Å². The number of aliphatic carboxylic acids is 1. The van der Waals surface area contributed by atoms with Gasteiger partial charge in [-0.3, -0.25) is 9.59 Å². The van der Waals surface area contributed by atoms with Crippen LogP contribution in [-0.2, 0) is 16.1 Å². The summed E-state index contributed by atoms with van der Waals surface area (Å²) in [5, 5.41) is 11.3. The normalized spacial score (nSPS) is 11.4. The summed E-state index contributed by atoms with van der Waals surface area (Å²) in [5.74, 6) is -1.39. The van der Waals surface area contributed by atoms with Crippen LogP contribution < -0.4 is 5.32 Å². The highest BCUT2D eigenvalue weighted by atomic mass is 16.5. The largest absolute Gasteiger partial charge is 0.481 e. The van der Waals surface area contributed by atoms with Gasteiger partial charge in [0.2, 0.25) is 0 Å². The van der Waals surface area contributed by atoms with Crippen LogP contribution in [0.25, 0.3) is 0 Å². The van der Waals surface area contributed by atoms with Crippen LogP contribution in [0.15, 0.2) is 60.7 Å². The number of ketones is 1. The van der Waals surface area contributed by atoms with Gasteiger partial charge in [0.1, 0.15) is 6.61 Å². The number of benzene rings is 2. The lowest BCUT2D eigenvalue weighted by molar-refractivity contribution is -0.137. The molecule has 0 aliphatic heterocycles. The molecule has 0 fully saturated rings. The number of alkyl carbamates (subject to hydrolysis) is 1. The molecular formula is C19H19NO5. The lowest BCUT2D eigenvalue weighted by atomic mass is 10.0. The van der Waals surface area contributed by atoms with Crippen molar-refractivity contribution in [1.82, 2.24) is 5.32 Å². The average molecular weight is 341 g/mol. The first kappa shape index (κ1) is 18.2. The van der Waals surface area contributed by atoms with Gasteiger partial charge in [-0.05, 0) is 12.0 Å². The molecule has 6 heteroatoms.